The number of rotatable bonds is 2. The van der Waals surface area contributed by atoms with Crippen LogP contribution in [0.3, 0.4) is 0 Å². The van der Waals surface area contributed by atoms with Gasteiger partial charge in [0.05, 0.1) is 5.69 Å². The second-order valence-electron chi connectivity index (χ2n) is 3.95. The van der Waals surface area contributed by atoms with Crippen LogP contribution in [0.25, 0.3) is 0 Å². The zero-order valence-electron chi connectivity index (χ0n) is 9.44. The Balaban J connectivity index is 2.48. The van der Waals surface area contributed by atoms with Gasteiger partial charge in [-0.25, -0.2) is 9.69 Å². The molecule has 0 aliphatic carbocycles. The zero-order valence-corrected chi connectivity index (χ0v) is 11.0. The smallest absolute Gasteiger partial charge is 0.422 e. The first-order chi connectivity index (χ1) is 8.37. The number of anilines is 1. The van der Waals surface area contributed by atoms with Crippen LogP contribution in [0.5, 0.6) is 0 Å². The highest BCUT2D eigenvalue weighted by atomic mass is 35.5. The van der Waals surface area contributed by atoms with Crippen molar-refractivity contribution in [2.45, 2.75) is 12.5 Å². The number of hydrogen-bond acceptors (Lipinski definition) is 3. The molecular weight excluding hydrogens is 277 g/mol. The molecule has 94 valence electrons. The van der Waals surface area contributed by atoms with Gasteiger partial charge in [0, 0.05) is 10.0 Å². The molecule has 0 radical (unpaired) electrons. The van der Waals surface area contributed by atoms with E-state index in [2.05, 4.69) is 6.58 Å². The summed E-state index contributed by atoms with van der Waals surface area (Å²) in [6.07, 6.45) is 0.500. The maximum absolute atomic E-state index is 12.1. The van der Waals surface area contributed by atoms with Crippen molar-refractivity contribution in [2.75, 3.05) is 4.90 Å². The normalized spacial score (nSPS) is 23.2. The van der Waals surface area contributed by atoms with E-state index in [0.717, 1.165) is 4.90 Å². The Hall–Kier alpha value is -1.52. The van der Waals surface area contributed by atoms with E-state index in [1.807, 2.05) is 0 Å². The molecule has 0 saturated carbocycles. The van der Waals surface area contributed by atoms with Crippen molar-refractivity contribution in [3.63, 3.8) is 0 Å². The molecule has 1 atom stereocenters. The first-order valence-electron chi connectivity index (χ1n) is 5.04. The van der Waals surface area contributed by atoms with E-state index >= 15 is 0 Å². The first-order valence-corrected chi connectivity index (χ1v) is 5.80. The van der Waals surface area contributed by atoms with Crippen molar-refractivity contribution in [2.24, 2.45) is 0 Å². The van der Waals surface area contributed by atoms with Crippen LogP contribution in [0.2, 0.25) is 10.0 Å². The summed E-state index contributed by atoms with van der Waals surface area (Å²) >= 11 is 11.7. The zero-order chi connectivity index (χ0) is 13.5. The summed E-state index contributed by atoms with van der Waals surface area (Å²) in [6, 6.07) is 4.42. The molecule has 2 rings (SSSR count). The molecule has 4 nitrogen and oxygen atoms in total. The van der Waals surface area contributed by atoms with Gasteiger partial charge in [0.15, 0.2) is 0 Å². The Labute approximate surface area is 114 Å². The molecule has 0 unspecified atom stereocenters. The van der Waals surface area contributed by atoms with Gasteiger partial charge in [-0.05, 0) is 31.2 Å². The second kappa shape index (κ2) is 4.30. The van der Waals surface area contributed by atoms with Gasteiger partial charge in [0.1, 0.15) is 0 Å². The summed E-state index contributed by atoms with van der Waals surface area (Å²) in [7, 11) is 0. The predicted molar refractivity (Wildman–Crippen MR) is 69.0 cm³/mol. The number of imide groups is 1. The summed E-state index contributed by atoms with van der Waals surface area (Å²) in [5.74, 6) is -0.527. The minimum Gasteiger partial charge on any atom is -0.428 e. The van der Waals surface area contributed by atoms with E-state index in [1.165, 1.54) is 31.2 Å². The largest absolute Gasteiger partial charge is 0.428 e. The molecule has 1 aromatic rings. The third kappa shape index (κ3) is 1.98. The minimum absolute atomic E-state index is 0.271. The highest BCUT2D eigenvalue weighted by molar-refractivity contribution is 6.35. The summed E-state index contributed by atoms with van der Waals surface area (Å²) in [4.78, 5) is 24.7. The van der Waals surface area contributed by atoms with E-state index in [4.69, 9.17) is 27.9 Å². The lowest BCUT2D eigenvalue weighted by Crippen LogP contribution is -2.37. The number of amides is 2. The molecule has 0 aromatic heterocycles. The van der Waals surface area contributed by atoms with Gasteiger partial charge in [0.2, 0.25) is 5.60 Å². The van der Waals surface area contributed by atoms with Crippen molar-refractivity contribution in [1.29, 1.82) is 0 Å². The number of hydrogen-bond donors (Lipinski definition) is 0. The van der Waals surface area contributed by atoms with Gasteiger partial charge < -0.3 is 4.74 Å². The number of benzene rings is 1. The van der Waals surface area contributed by atoms with Gasteiger partial charge in [-0.1, -0.05) is 29.8 Å². The predicted octanol–water partition coefficient (Wildman–Crippen LogP) is 3.42. The van der Waals surface area contributed by atoms with E-state index in [1.54, 1.807) is 0 Å². The fourth-order valence-corrected chi connectivity index (χ4v) is 2.11. The highest BCUT2D eigenvalue weighted by Gasteiger charge is 2.49. The van der Waals surface area contributed by atoms with Crippen LogP contribution in [0.1, 0.15) is 6.92 Å². The Bertz CT molecular complexity index is 538. The van der Waals surface area contributed by atoms with Crippen LogP contribution < -0.4 is 4.90 Å². The molecule has 1 aromatic carbocycles. The number of carbonyl (C=O) groups is 2. The molecule has 0 bridgehead atoms. The van der Waals surface area contributed by atoms with Crippen molar-refractivity contribution in [3.8, 4) is 0 Å². The average molecular weight is 286 g/mol. The Morgan fingerprint density at radius 3 is 2.28 bits per heavy atom. The van der Waals surface area contributed by atoms with E-state index in [9.17, 15) is 9.59 Å². The molecule has 1 aliphatic heterocycles. The van der Waals surface area contributed by atoms with Gasteiger partial charge in [-0.15, -0.1) is 0 Å². The Kier molecular flexibility index (Phi) is 3.09. The van der Waals surface area contributed by atoms with Crippen molar-refractivity contribution >= 4 is 40.9 Å². The lowest BCUT2D eigenvalue weighted by atomic mass is 10.1. The molecule has 18 heavy (non-hydrogen) atoms. The molecule has 0 N–H and O–H groups in total. The number of halogens is 2. The number of nitrogens with zero attached hydrogens (tertiary/aromatic N) is 1. The average Bonchev–Trinajstić information content (AvgIpc) is 2.49. The van der Waals surface area contributed by atoms with Crippen LogP contribution in [-0.2, 0) is 9.53 Å². The van der Waals surface area contributed by atoms with Gasteiger partial charge in [0.25, 0.3) is 5.91 Å². The topological polar surface area (TPSA) is 46.6 Å². The maximum atomic E-state index is 12.1. The molecular formula is C12H9Cl2NO3. The molecule has 6 heteroatoms. The maximum Gasteiger partial charge on any atom is 0.422 e. The van der Waals surface area contributed by atoms with Gasteiger partial charge in [-0.2, -0.15) is 0 Å². The first kappa shape index (κ1) is 12.9. The van der Waals surface area contributed by atoms with Crippen LogP contribution in [0, 0.1) is 0 Å². The third-order valence-corrected chi connectivity index (χ3v) is 3.04. The summed E-state index contributed by atoms with van der Waals surface area (Å²) in [6.45, 7) is 4.95. The number of ether oxygens (including phenoxy) is 1. The monoisotopic (exact) mass is 285 g/mol. The van der Waals surface area contributed by atoms with Crippen LogP contribution in [0.4, 0.5) is 10.5 Å². The fraction of sp³-hybridized carbons (Fsp3) is 0.167. The molecule has 1 aliphatic rings. The van der Waals surface area contributed by atoms with Crippen molar-refractivity contribution < 1.29 is 14.3 Å². The standard InChI is InChI=1S/C12H9Cl2NO3/c1-3-12(2)10(16)15(11(17)18-12)9-5-7(13)4-8(14)6-9/h3-6H,1H2,2H3/t12-/m1/s1. The summed E-state index contributed by atoms with van der Waals surface area (Å²) in [5, 5.41) is 0.649. The van der Waals surface area contributed by atoms with Crippen LogP contribution in [-0.4, -0.2) is 17.6 Å². The number of cyclic esters (lactones) is 1. The number of carbonyl (C=O) groups excluding carboxylic acids is 2. The SMILES string of the molecule is C=C[C@@]1(C)OC(=O)N(c2cc(Cl)cc(Cl)c2)C1=O. The van der Waals surface area contributed by atoms with Gasteiger partial charge >= 0.3 is 6.09 Å². The second-order valence-corrected chi connectivity index (χ2v) is 4.82. The molecule has 1 fully saturated rings. The molecule has 0 spiro atoms. The summed E-state index contributed by atoms with van der Waals surface area (Å²) in [5.41, 5.74) is -1.08. The van der Waals surface area contributed by atoms with Crippen LogP contribution in [0.15, 0.2) is 30.9 Å². The minimum atomic E-state index is -1.36. The highest BCUT2D eigenvalue weighted by Crippen LogP contribution is 2.33. The molecule has 2 amide bonds. The summed E-state index contributed by atoms with van der Waals surface area (Å²) < 4.78 is 4.99. The fourth-order valence-electron chi connectivity index (χ4n) is 1.60. The quantitative estimate of drug-likeness (QED) is 0.782. The van der Waals surface area contributed by atoms with Crippen molar-refractivity contribution in [3.05, 3.63) is 40.9 Å². The van der Waals surface area contributed by atoms with Gasteiger partial charge in [-0.3, -0.25) is 4.79 Å². The van der Waals surface area contributed by atoms with Crippen molar-refractivity contribution in [1.82, 2.24) is 0 Å². The third-order valence-electron chi connectivity index (χ3n) is 2.60. The Morgan fingerprint density at radius 1 is 1.28 bits per heavy atom. The van der Waals surface area contributed by atoms with E-state index < -0.39 is 17.6 Å². The van der Waals surface area contributed by atoms with Crippen LogP contribution >= 0.6 is 23.2 Å². The van der Waals surface area contributed by atoms with E-state index in [-0.39, 0.29) is 5.69 Å². The Morgan fingerprint density at radius 2 is 1.83 bits per heavy atom. The molecule has 1 heterocycles. The molecule has 1 saturated heterocycles. The lowest BCUT2D eigenvalue weighted by Gasteiger charge is -2.15. The van der Waals surface area contributed by atoms with E-state index in [0.29, 0.717) is 10.0 Å². The lowest BCUT2D eigenvalue weighted by molar-refractivity contribution is -0.125.